The van der Waals surface area contributed by atoms with Crippen LogP contribution in [0.2, 0.25) is 0 Å². The van der Waals surface area contributed by atoms with E-state index in [9.17, 15) is 24.6 Å². The Labute approximate surface area is 193 Å². The van der Waals surface area contributed by atoms with Crippen LogP contribution in [0.1, 0.15) is 31.4 Å². The van der Waals surface area contributed by atoms with Gasteiger partial charge in [-0.2, -0.15) is 12.6 Å². The number of aromatic hydroxyl groups is 1. The lowest BCUT2D eigenvalue weighted by molar-refractivity contribution is -0.142. The van der Waals surface area contributed by atoms with Crippen LogP contribution in [0.5, 0.6) is 5.75 Å². The molecule has 0 aliphatic rings. The van der Waals surface area contributed by atoms with Crippen LogP contribution in [0.25, 0.3) is 0 Å². The van der Waals surface area contributed by atoms with E-state index < -0.39 is 29.2 Å². The van der Waals surface area contributed by atoms with Crippen molar-refractivity contribution in [3.63, 3.8) is 0 Å². The molecule has 1 unspecified atom stereocenters. The molecule has 0 aliphatic carbocycles. The number of hydrogen-bond donors (Lipinski definition) is 5. The van der Waals surface area contributed by atoms with Crippen molar-refractivity contribution in [2.24, 2.45) is 5.92 Å². The predicted octanol–water partition coefficient (Wildman–Crippen LogP) is 2.58. The van der Waals surface area contributed by atoms with Crippen molar-refractivity contribution in [2.75, 3.05) is 0 Å². The minimum atomic E-state index is -1.18. The largest absolute Gasteiger partial charge is 0.508 e. The number of benzene rings is 2. The number of amides is 2. The molecule has 0 aromatic heterocycles. The molecular formula is C24H30N2O5S. The number of nitrogens with one attached hydrogen (secondary N) is 2. The number of carbonyl (C=O) groups is 3. The number of rotatable bonds is 11. The molecule has 0 spiro atoms. The molecule has 7 nitrogen and oxygen atoms in total. The lowest BCUT2D eigenvalue weighted by Crippen LogP contribution is -2.55. The van der Waals surface area contributed by atoms with Crippen LogP contribution in [0.15, 0.2) is 54.6 Å². The van der Waals surface area contributed by atoms with E-state index in [1.54, 1.807) is 12.1 Å². The van der Waals surface area contributed by atoms with Gasteiger partial charge < -0.3 is 20.8 Å². The normalized spacial score (nSPS) is 14.6. The Balaban J connectivity index is 2.07. The molecule has 2 rings (SSSR count). The van der Waals surface area contributed by atoms with Crippen LogP contribution in [0.4, 0.5) is 0 Å². The summed E-state index contributed by atoms with van der Waals surface area (Å²) in [7, 11) is 0. The van der Waals surface area contributed by atoms with E-state index in [1.165, 1.54) is 12.1 Å². The summed E-state index contributed by atoms with van der Waals surface area (Å²) >= 11 is 4.40. The Bertz CT molecular complexity index is 904. The Morgan fingerprint density at radius 2 is 1.50 bits per heavy atom. The van der Waals surface area contributed by atoms with Crippen LogP contribution in [-0.2, 0) is 27.2 Å². The smallest absolute Gasteiger partial charge is 0.326 e. The van der Waals surface area contributed by atoms with E-state index in [0.29, 0.717) is 18.4 Å². The fraction of sp³-hybridized carbons (Fsp3) is 0.375. The first-order valence-corrected chi connectivity index (χ1v) is 11.1. The standard InChI is InChI=1S/C24H30N2O5S/c1-3-15(2)21(26-22(28)20(32)14-16-7-5-4-6-8-16)23(29)25-19(24(30)31)13-17-9-11-18(27)12-10-17/h4-12,15,19-21,27,32H,3,13-14H2,1-2H3,(H,25,29)(H,26,28)(H,30,31)/t15-,19-,20?,21-/m0/s1. The van der Waals surface area contributed by atoms with Crippen LogP contribution >= 0.6 is 12.6 Å². The minimum absolute atomic E-state index is 0.0473. The second-order valence-corrected chi connectivity index (χ2v) is 8.47. The lowest BCUT2D eigenvalue weighted by Gasteiger charge is -2.26. The molecule has 0 saturated carbocycles. The molecule has 0 fully saturated rings. The number of phenolic OH excluding ortho intramolecular Hbond substituents is 1. The zero-order valence-corrected chi connectivity index (χ0v) is 19.1. The monoisotopic (exact) mass is 458 g/mol. The molecule has 2 aromatic rings. The van der Waals surface area contributed by atoms with Gasteiger partial charge in [0.05, 0.1) is 5.25 Å². The van der Waals surface area contributed by atoms with Gasteiger partial charge in [-0.05, 0) is 35.6 Å². The highest BCUT2D eigenvalue weighted by molar-refractivity contribution is 7.81. The molecule has 2 aromatic carbocycles. The SMILES string of the molecule is CC[C@H](C)[C@H](NC(=O)C(S)Cc1ccccc1)C(=O)N[C@@H](Cc1ccc(O)cc1)C(=O)O. The molecule has 0 radical (unpaired) electrons. The molecule has 4 N–H and O–H groups in total. The molecule has 32 heavy (non-hydrogen) atoms. The third-order valence-corrected chi connectivity index (χ3v) is 5.78. The van der Waals surface area contributed by atoms with E-state index >= 15 is 0 Å². The van der Waals surface area contributed by atoms with Gasteiger partial charge in [0.2, 0.25) is 11.8 Å². The third kappa shape index (κ3) is 7.60. The summed E-state index contributed by atoms with van der Waals surface area (Å²) in [6, 6.07) is 13.5. The Morgan fingerprint density at radius 3 is 2.06 bits per heavy atom. The van der Waals surface area contributed by atoms with Crippen molar-refractivity contribution in [3.05, 3.63) is 65.7 Å². The molecule has 0 heterocycles. The van der Waals surface area contributed by atoms with Gasteiger partial charge in [-0.3, -0.25) is 9.59 Å². The quantitative estimate of drug-likeness (QED) is 0.332. The van der Waals surface area contributed by atoms with Crippen LogP contribution in [-0.4, -0.2) is 45.3 Å². The highest BCUT2D eigenvalue weighted by Crippen LogP contribution is 2.14. The number of hydrogen-bond acceptors (Lipinski definition) is 5. The van der Waals surface area contributed by atoms with E-state index in [-0.39, 0.29) is 24.0 Å². The summed E-state index contributed by atoms with van der Waals surface area (Å²) in [5.41, 5.74) is 1.60. The molecule has 0 bridgehead atoms. The zero-order chi connectivity index (χ0) is 23.7. The number of carbonyl (C=O) groups excluding carboxylic acids is 2. The summed E-state index contributed by atoms with van der Waals surface area (Å²) < 4.78 is 0. The Hall–Kier alpha value is -3.00. The molecule has 2 amide bonds. The van der Waals surface area contributed by atoms with E-state index in [1.807, 2.05) is 44.2 Å². The highest BCUT2D eigenvalue weighted by Gasteiger charge is 2.31. The van der Waals surface area contributed by atoms with Gasteiger partial charge in [0.1, 0.15) is 17.8 Å². The maximum Gasteiger partial charge on any atom is 0.326 e. The first kappa shape index (κ1) is 25.3. The average Bonchev–Trinajstić information content (AvgIpc) is 2.78. The van der Waals surface area contributed by atoms with Crippen molar-refractivity contribution in [2.45, 2.75) is 50.4 Å². The maximum absolute atomic E-state index is 13.0. The molecule has 4 atom stereocenters. The minimum Gasteiger partial charge on any atom is -0.508 e. The Morgan fingerprint density at radius 1 is 0.906 bits per heavy atom. The fourth-order valence-corrected chi connectivity index (χ4v) is 3.50. The van der Waals surface area contributed by atoms with Gasteiger partial charge in [0, 0.05) is 6.42 Å². The van der Waals surface area contributed by atoms with Crippen molar-refractivity contribution >= 4 is 30.4 Å². The van der Waals surface area contributed by atoms with Crippen molar-refractivity contribution in [3.8, 4) is 5.75 Å². The summed E-state index contributed by atoms with van der Waals surface area (Å²) in [6.45, 7) is 3.72. The van der Waals surface area contributed by atoms with Gasteiger partial charge in [0.25, 0.3) is 0 Å². The van der Waals surface area contributed by atoms with E-state index in [0.717, 1.165) is 5.56 Å². The van der Waals surface area contributed by atoms with Gasteiger partial charge in [-0.1, -0.05) is 62.7 Å². The van der Waals surface area contributed by atoms with Gasteiger partial charge in [-0.25, -0.2) is 4.79 Å². The second kappa shape index (κ2) is 12.1. The molecular weight excluding hydrogens is 428 g/mol. The highest BCUT2D eigenvalue weighted by atomic mass is 32.1. The van der Waals surface area contributed by atoms with Gasteiger partial charge in [-0.15, -0.1) is 0 Å². The summed E-state index contributed by atoms with van der Waals surface area (Å²) in [4.78, 5) is 37.4. The summed E-state index contributed by atoms with van der Waals surface area (Å²) in [5.74, 6) is -2.26. The predicted molar refractivity (Wildman–Crippen MR) is 126 cm³/mol. The second-order valence-electron chi connectivity index (χ2n) is 7.85. The zero-order valence-electron chi connectivity index (χ0n) is 18.2. The number of carboxylic acid groups (broad SMARTS) is 1. The lowest BCUT2D eigenvalue weighted by atomic mass is 9.97. The average molecular weight is 459 g/mol. The van der Waals surface area contributed by atoms with Gasteiger partial charge in [0.15, 0.2) is 0 Å². The van der Waals surface area contributed by atoms with Crippen LogP contribution < -0.4 is 10.6 Å². The topological polar surface area (TPSA) is 116 Å². The van der Waals surface area contributed by atoms with Gasteiger partial charge >= 0.3 is 5.97 Å². The number of thiol groups is 1. The van der Waals surface area contributed by atoms with Crippen molar-refractivity contribution < 1.29 is 24.6 Å². The van der Waals surface area contributed by atoms with Crippen LogP contribution in [0, 0.1) is 5.92 Å². The van der Waals surface area contributed by atoms with E-state index in [4.69, 9.17) is 0 Å². The number of carboxylic acids is 1. The summed E-state index contributed by atoms with van der Waals surface area (Å²) in [5, 5.41) is 23.6. The molecule has 0 aliphatic heterocycles. The first-order valence-electron chi connectivity index (χ1n) is 10.5. The number of phenols is 1. The van der Waals surface area contributed by atoms with Crippen molar-refractivity contribution in [1.82, 2.24) is 10.6 Å². The van der Waals surface area contributed by atoms with Crippen LogP contribution in [0.3, 0.4) is 0 Å². The third-order valence-electron chi connectivity index (χ3n) is 5.36. The van der Waals surface area contributed by atoms with E-state index in [2.05, 4.69) is 23.3 Å². The maximum atomic E-state index is 13.0. The fourth-order valence-electron chi connectivity index (χ4n) is 3.21. The molecule has 172 valence electrons. The Kier molecular flexibility index (Phi) is 9.59. The summed E-state index contributed by atoms with van der Waals surface area (Å²) in [6.07, 6.45) is 1.07. The molecule has 0 saturated heterocycles. The number of aliphatic carboxylic acids is 1. The van der Waals surface area contributed by atoms with Crippen molar-refractivity contribution in [1.29, 1.82) is 0 Å². The molecule has 8 heteroatoms. The first-order chi connectivity index (χ1) is 15.2.